The summed E-state index contributed by atoms with van der Waals surface area (Å²) in [6.07, 6.45) is 0.760. The Labute approximate surface area is 128 Å². The molecule has 0 heterocycles. The first-order chi connectivity index (χ1) is 9.42. The van der Waals surface area contributed by atoms with Crippen LogP contribution in [-0.2, 0) is 6.54 Å². The van der Waals surface area contributed by atoms with Gasteiger partial charge in [0, 0.05) is 31.6 Å². The molecule has 0 saturated heterocycles. The largest absolute Gasteiger partial charge is 0.496 e. The zero-order chi connectivity index (χ0) is 15.1. The van der Waals surface area contributed by atoms with Gasteiger partial charge in [-0.2, -0.15) is 0 Å². The standard InChI is InChI=1S/C16H26N2OS/c1-12(2)10-18(8-7-16(17)20)11-14-9-13(3)5-6-15(14)19-4/h5-6,9,12H,7-8,10-11H2,1-4H3,(H2,17,20). The number of thiocarbonyl (C=S) groups is 1. The van der Waals surface area contributed by atoms with Crippen LogP contribution in [0.3, 0.4) is 0 Å². The smallest absolute Gasteiger partial charge is 0.123 e. The van der Waals surface area contributed by atoms with Crippen LogP contribution in [0.1, 0.15) is 31.4 Å². The average Bonchev–Trinajstić information content (AvgIpc) is 2.35. The lowest BCUT2D eigenvalue weighted by Gasteiger charge is -2.25. The van der Waals surface area contributed by atoms with Crippen molar-refractivity contribution in [3.63, 3.8) is 0 Å². The highest BCUT2D eigenvalue weighted by molar-refractivity contribution is 7.80. The third-order valence-electron chi connectivity index (χ3n) is 3.13. The molecule has 0 aliphatic carbocycles. The minimum atomic E-state index is 0.579. The lowest BCUT2D eigenvalue weighted by molar-refractivity contribution is 0.239. The van der Waals surface area contributed by atoms with Gasteiger partial charge in [0.05, 0.1) is 12.1 Å². The molecule has 0 bridgehead atoms. The van der Waals surface area contributed by atoms with Crippen LogP contribution >= 0.6 is 12.2 Å². The van der Waals surface area contributed by atoms with Gasteiger partial charge in [-0.05, 0) is 18.9 Å². The van der Waals surface area contributed by atoms with Gasteiger partial charge in [-0.25, -0.2) is 0 Å². The lowest BCUT2D eigenvalue weighted by atomic mass is 10.1. The van der Waals surface area contributed by atoms with Crippen LogP contribution in [0.15, 0.2) is 18.2 Å². The number of rotatable bonds is 8. The maximum Gasteiger partial charge on any atom is 0.123 e. The quantitative estimate of drug-likeness (QED) is 0.748. The van der Waals surface area contributed by atoms with Gasteiger partial charge >= 0.3 is 0 Å². The average molecular weight is 294 g/mol. The highest BCUT2D eigenvalue weighted by atomic mass is 32.1. The van der Waals surface area contributed by atoms with Gasteiger partial charge in [-0.1, -0.05) is 43.8 Å². The Morgan fingerprint density at radius 3 is 2.65 bits per heavy atom. The van der Waals surface area contributed by atoms with Crippen molar-refractivity contribution in [3.05, 3.63) is 29.3 Å². The number of methoxy groups -OCH3 is 1. The molecule has 0 aromatic heterocycles. The highest BCUT2D eigenvalue weighted by Crippen LogP contribution is 2.22. The van der Waals surface area contributed by atoms with Crippen LogP contribution in [0.2, 0.25) is 0 Å². The van der Waals surface area contributed by atoms with E-state index in [9.17, 15) is 0 Å². The van der Waals surface area contributed by atoms with E-state index in [0.29, 0.717) is 10.9 Å². The zero-order valence-electron chi connectivity index (χ0n) is 13.0. The summed E-state index contributed by atoms with van der Waals surface area (Å²) >= 11 is 4.99. The minimum absolute atomic E-state index is 0.579. The molecule has 112 valence electrons. The number of nitrogens with two attached hydrogens (primary N) is 1. The summed E-state index contributed by atoms with van der Waals surface area (Å²) in [4.78, 5) is 2.97. The van der Waals surface area contributed by atoms with E-state index in [2.05, 4.69) is 37.8 Å². The normalized spacial score (nSPS) is 11.1. The first-order valence-electron chi connectivity index (χ1n) is 7.06. The van der Waals surface area contributed by atoms with Gasteiger partial charge < -0.3 is 10.5 Å². The van der Waals surface area contributed by atoms with Gasteiger partial charge in [0.15, 0.2) is 0 Å². The number of hydrogen-bond acceptors (Lipinski definition) is 3. The molecular weight excluding hydrogens is 268 g/mol. The summed E-state index contributed by atoms with van der Waals surface area (Å²) in [5.41, 5.74) is 8.09. The number of benzene rings is 1. The molecule has 0 saturated carbocycles. The predicted molar refractivity (Wildman–Crippen MR) is 89.2 cm³/mol. The van der Waals surface area contributed by atoms with E-state index >= 15 is 0 Å². The van der Waals surface area contributed by atoms with E-state index < -0.39 is 0 Å². The van der Waals surface area contributed by atoms with E-state index in [1.54, 1.807) is 7.11 Å². The second-order valence-corrected chi connectivity index (χ2v) is 6.18. The van der Waals surface area contributed by atoms with Crippen LogP contribution in [0.25, 0.3) is 0 Å². The summed E-state index contributed by atoms with van der Waals surface area (Å²) in [6.45, 7) is 9.34. The number of hydrogen-bond donors (Lipinski definition) is 1. The molecule has 2 N–H and O–H groups in total. The van der Waals surface area contributed by atoms with Crippen molar-refractivity contribution in [1.82, 2.24) is 4.90 Å². The molecule has 3 nitrogen and oxygen atoms in total. The van der Waals surface area contributed by atoms with Crippen LogP contribution in [-0.4, -0.2) is 30.1 Å². The Bertz CT molecular complexity index is 446. The fourth-order valence-corrected chi connectivity index (χ4v) is 2.38. The summed E-state index contributed by atoms with van der Waals surface area (Å²) < 4.78 is 5.45. The molecule has 0 fully saturated rings. The van der Waals surface area contributed by atoms with E-state index in [4.69, 9.17) is 22.7 Å². The van der Waals surface area contributed by atoms with E-state index in [0.717, 1.165) is 31.8 Å². The minimum Gasteiger partial charge on any atom is -0.496 e. The Morgan fingerprint density at radius 2 is 2.10 bits per heavy atom. The van der Waals surface area contributed by atoms with Crippen LogP contribution in [0.4, 0.5) is 0 Å². The highest BCUT2D eigenvalue weighted by Gasteiger charge is 2.12. The molecule has 0 aliphatic rings. The fraction of sp³-hybridized carbons (Fsp3) is 0.562. The summed E-state index contributed by atoms with van der Waals surface area (Å²) in [5.74, 6) is 1.55. The van der Waals surface area contributed by atoms with Crippen molar-refractivity contribution < 1.29 is 4.74 Å². The second kappa shape index (κ2) is 8.22. The molecule has 0 radical (unpaired) electrons. The monoisotopic (exact) mass is 294 g/mol. The lowest BCUT2D eigenvalue weighted by Crippen LogP contribution is -2.30. The Balaban J connectivity index is 2.81. The van der Waals surface area contributed by atoms with Crippen molar-refractivity contribution in [3.8, 4) is 5.75 Å². The molecule has 1 aromatic rings. The molecule has 4 heteroatoms. The van der Waals surface area contributed by atoms with Crippen LogP contribution in [0, 0.1) is 12.8 Å². The topological polar surface area (TPSA) is 38.5 Å². The third kappa shape index (κ3) is 5.88. The molecule has 20 heavy (non-hydrogen) atoms. The van der Waals surface area contributed by atoms with Crippen LogP contribution < -0.4 is 10.5 Å². The van der Waals surface area contributed by atoms with Gasteiger partial charge in [-0.3, -0.25) is 4.90 Å². The molecule has 1 aromatic carbocycles. The summed E-state index contributed by atoms with van der Waals surface area (Å²) in [7, 11) is 1.72. The van der Waals surface area contributed by atoms with Crippen molar-refractivity contribution in [2.24, 2.45) is 11.7 Å². The van der Waals surface area contributed by atoms with Crippen molar-refractivity contribution in [1.29, 1.82) is 0 Å². The number of nitrogens with zero attached hydrogens (tertiary/aromatic N) is 1. The maximum absolute atomic E-state index is 5.63. The summed E-state index contributed by atoms with van der Waals surface area (Å²) in [5, 5.41) is 0. The Hall–Kier alpha value is -1.13. The van der Waals surface area contributed by atoms with Crippen molar-refractivity contribution in [2.45, 2.75) is 33.7 Å². The number of aryl methyl sites for hydroxylation is 1. The molecule has 0 atom stereocenters. The molecular formula is C16H26N2OS. The summed E-state index contributed by atoms with van der Waals surface area (Å²) in [6, 6.07) is 6.29. The second-order valence-electron chi connectivity index (χ2n) is 5.66. The van der Waals surface area contributed by atoms with Crippen molar-refractivity contribution >= 4 is 17.2 Å². The maximum atomic E-state index is 5.63. The molecule has 0 spiro atoms. The Morgan fingerprint density at radius 1 is 1.40 bits per heavy atom. The predicted octanol–water partition coefficient (Wildman–Crippen LogP) is 3.14. The number of ether oxygens (including phenoxy) is 1. The molecule has 1 rings (SSSR count). The molecule has 0 aliphatic heterocycles. The van der Waals surface area contributed by atoms with Crippen LogP contribution in [0.5, 0.6) is 5.75 Å². The first kappa shape index (κ1) is 16.9. The third-order valence-corrected chi connectivity index (χ3v) is 3.33. The SMILES string of the molecule is COc1ccc(C)cc1CN(CCC(N)=S)CC(C)C. The van der Waals surface area contributed by atoms with Gasteiger partial charge in [0.2, 0.25) is 0 Å². The zero-order valence-corrected chi connectivity index (χ0v) is 13.8. The van der Waals surface area contributed by atoms with Gasteiger partial charge in [0.25, 0.3) is 0 Å². The molecule has 0 amide bonds. The van der Waals surface area contributed by atoms with E-state index in [-0.39, 0.29) is 0 Å². The van der Waals surface area contributed by atoms with Crippen molar-refractivity contribution in [2.75, 3.05) is 20.2 Å². The van der Waals surface area contributed by atoms with E-state index in [1.807, 2.05) is 6.07 Å². The van der Waals surface area contributed by atoms with Gasteiger partial charge in [0.1, 0.15) is 5.75 Å². The molecule has 0 unspecified atom stereocenters. The first-order valence-corrected chi connectivity index (χ1v) is 7.47. The van der Waals surface area contributed by atoms with Gasteiger partial charge in [-0.15, -0.1) is 0 Å². The van der Waals surface area contributed by atoms with E-state index in [1.165, 1.54) is 11.1 Å². The fourth-order valence-electron chi connectivity index (χ4n) is 2.29. The Kier molecular flexibility index (Phi) is 6.96.